The number of benzene rings is 1. The molecule has 1 N–H and O–H groups in total. The molecule has 0 spiro atoms. The maximum absolute atomic E-state index is 14.1. The lowest BCUT2D eigenvalue weighted by atomic mass is 10.1. The molecule has 4 nitrogen and oxygen atoms in total. The summed E-state index contributed by atoms with van der Waals surface area (Å²) in [6, 6.07) is 4.81. The second-order valence-electron chi connectivity index (χ2n) is 5.29. The Morgan fingerprint density at radius 3 is 3.10 bits per heavy atom. The van der Waals surface area contributed by atoms with Gasteiger partial charge in [0.2, 0.25) is 0 Å². The van der Waals surface area contributed by atoms with Crippen LogP contribution < -0.4 is 0 Å². The zero-order valence-corrected chi connectivity index (χ0v) is 12.1. The lowest BCUT2D eigenvalue weighted by Crippen LogP contribution is -2.30. The Kier molecular flexibility index (Phi) is 5.47. The number of halogens is 1. The highest BCUT2D eigenvalue weighted by molar-refractivity contribution is 5.85. The standard InChI is InChI=1S/C16H20FNO3/c1-12-10-18(7-2-8-21-12)11-14-5-3-13(9-15(14)17)4-6-16(19)20/h3-6,9,12H,2,7-8,10-11H2,1H3,(H,19,20). The van der Waals surface area contributed by atoms with Crippen molar-refractivity contribution < 1.29 is 19.0 Å². The number of hydrogen-bond acceptors (Lipinski definition) is 3. The Morgan fingerprint density at radius 2 is 2.38 bits per heavy atom. The Bertz CT molecular complexity index is 530. The second kappa shape index (κ2) is 7.33. The van der Waals surface area contributed by atoms with E-state index in [4.69, 9.17) is 9.84 Å². The van der Waals surface area contributed by atoms with Crippen molar-refractivity contribution >= 4 is 12.0 Å². The van der Waals surface area contributed by atoms with Gasteiger partial charge in [-0.25, -0.2) is 9.18 Å². The van der Waals surface area contributed by atoms with Crippen molar-refractivity contribution in [2.75, 3.05) is 19.7 Å². The molecule has 21 heavy (non-hydrogen) atoms. The largest absolute Gasteiger partial charge is 0.478 e. The number of carbonyl (C=O) groups is 1. The summed E-state index contributed by atoms with van der Waals surface area (Å²) in [4.78, 5) is 12.6. The van der Waals surface area contributed by atoms with E-state index in [-0.39, 0.29) is 11.9 Å². The van der Waals surface area contributed by atoms with E-state index in [1.165, 1.54) is 12.1 Å². The van der Waals surface area contributed by atoms with E-state index in [0.717, 1.165) is 32.2 Å². The van der Waals surface area contributed by atoms with Crippen LogP contribution >= 0.6 is 0 Å². The topological polar surface area (TPSA) is 49.8 Å². The third-order valence-electron chi connectivity index (χ3n) is 3.43. The molecule has 1 unspecified atom stereocenters. The lowest BCUT2D eigenvalue weighted by Gasteiger charge is -2.22. The first-order valence-corrected chi connectivity index (χ1v) is 7.08. The van der Waals surface area contributed by atoms with Gasteiger partial charge in [-0.1, -0.05) is 12.1 Å². The van der Waals surface area contributed by atoms with Gasteiger partial charge in [0.25, 0.3) is 0 Å². The highest BCUT2D eigenvalue weighted by Crippen LogP contribution is 2.16. The first-order valence-electron chi connectivity index (χ1n) is 7.08. The van der Waals surface area contributed by atoms with Crippen LogP contribution in [0.25, 0.3) is 6.08 Å². The maximum atomic E-state index is 14.1. The van der Waals surface area contributed by atoms with Crippen LogP contribution in [0.2, 0.25) is 0 Å². The zero-order chi connectivity index (χ0) is 15.2. The van der Waals surface area contributed by atoms with E-state index in [1.807, 2.05) is 6.92 Å². The molecule has 1 saturated heterocycles. The molecule has 0 amide bonds. The Hall–Kier alpha value is -1.72. The van der Waals surface area contributed by atoms with Crippen molar-refractivity contribution in [3.63, 3.8) is 0 Å². The van der Waals surface area contributed by atoms with E-state index in [2.05, 4.69) is 4.90 Å². The van der Waals surface area contributed by atoms with Crippen LogP contribution in [0.4, 0.5) is 4.39 Å². The van der Waals surface area contributed by atoms with Gasteiger partial charge in [-0.2, -0.15) is 0 Å². The van der Waals surface area contributed by atoms with Gasteiger partial charge in [-0.05, 0) is 31.1 Å². The maximum Gasteiger partial charge on any atom is 0.328 e. The SMILES string of the molecule is CC1CN(Cc2ccc(C=CC(=O)O)cc2F)CCCO1. The fourth-order valence-electron chi connectivity index (χ4n) is 2.43. The van der Waals surface area contributed by atoms with E-state index < -0.39 is 5.97 Å². The first-order chi connectivity index (χ1) is 10.0. The van der Waals surface area contributed by atoms with Gasteiger partial charge in [-0.15, -0.1) is 0 Å². The molecule has 1 aromatic rings. The molecule has 0 aromatic heterocycles. The van der Waals surface area contributed by atoms with E-state index in [9.17, 15) is 9.18 Å². The fourth-order valence-corrected chi connectivity index (χ4v) is 2.43. The van der Waals surface area contributed by atoms with Crippen LogP contribution in [0, 0.1) is 5.82 Å². The molecule has 1 aromatic carbocycles. The summed E-state index contributed by atoms with van der Waals surface area (Å²) < 4.78 is 19.7. The predicted molar refractivity (Wildman–Crippen MR) is 78.4 cm³/mol. The van der Waals surface area contributed by atoms with Gasteiger partial charge in [0, 0.05) is 37.9 Å². The van der Waals surface area contributed by atoms with Crippen molar-refractivity contribution in [3.8, 4) is 0 Å². The molecular formula is C16H20FNO3. The molecule has 5 heteroatoms. The van der Waals surface area contributed by atoms with Crippen molar-refractivity contribution in [1.82, 2.24) is 4.90 Å². The number of carboxylic acid groups (broad SMARTS) is 1. The molecule has 114 valence electrons. The number of carboxylic acids is 1. The van der Waals surface area contributed by atoms with Gasteiger partial charge in [-0.3, -0.25) is 4.90 Å². The quantitative estimate of drug-likeness (QED) is 0.867. The van der Waals surface area contributed by atoms with Gasteiger partial charge < -0.3 is 9.84 Å². The predicted octanol–water partition coefficient (Wildman–Crippen LogP) is 2.53. The van der Waals surface area contributed by atoms with E-state index >= 15 is 0 Å². The minimum Gasteiger partial charge on any atom is -0.478 e. The Balaban J connectivity index is 2.04. The minimum atomic E-state index is -1.04. The minimum absolute atomic E-state index is 0.160. The number of hydrogen-bond donors (Lipinski definition) is 1. The van der Waals surface area contributed by atoms with Gasteiger partial charge >= 0.3 is 5.97 Å². The number of ether oxygens (including phenoxy) is 1. The molecule has 1 aliphatic rings. The summed E-state index contributed by atoms with van der Waals surface area (Å²) in [5.74, 6) is -1.35. The van der Waals surface area contributed by atoms with Crippen LogP contribution in [0.3, 0.4) is 0 Å². The number of rotatable bonds is 4. The average Bonchev–Trinajstić information content (AvgIpc) is 2.63. The summed E-state index contributed by atoms with van der Waals surface area (Å²) in [6.07, 6.45) is 3.50. The highest BCUT2D eigenvalue weighted by atomic mass is 19.1. The molecule has 1 atom stereocenters. The molecular weight excluding hydrogens is 273 g/mol. The van der Waals surface area contributed by atoms with Crippen LogP contribution in [-0.4, -0.2) is 41.8 Å². The molecule has 1 aliphatic heterocycles. The second-order valence-corrected chi connectivity index (χ2v) is 5.29. The Labute approximate surface area is 123 Å². The van der Waals surface area contributed by atoms with Crippen molar-refractivity contribution in [2.45, 2.75) is 26.0 Å². The first kappa shape index (κ1) is 15.7. The summed E-state index contributed by atoms with van der Waals surface area (Å²) in [5, 5.41) is 8.57. The van der Waals surface area contributed by atoms with Crippen molar-refractivity contribution in [3.05, 3.63) is 41.2 Å². The molecule has 0 radical (unpaired) electrons. The van der Waals surface area contributed by atoms with Gasteiger partial charge in [0.15, 0.2) is 0 Å². The summed E-state index contributed by atoms with van der Waals surface area (Å²) in [5.41, 5.74) is 1.17. The van der Waals surface area contributed by atoms with E-state index in [0.29, 0.717) is 17.7 Å². The zero-order valence-electron chi connectivity index (χ0n) is 12.1. The summed E-state index contributed by atoms with van der Waals surface area (Å²) >= 11 is 0. The monoisotopic (exact) mass is 293 g/mol. The number of nitrogens with zero attached hydrogens (tertiary/aromatic N) is 1. The fraction of sp³-hybridized carbons (Fsp3) is 0.438. The molecule has 0 saturated carbocycles. The molecule has 1 heterocycles. The number of aliphatic carboxylic acids is 1. The summed E-state index contributed by atoms with van der Waals surface area (Å²) in [6.45, 7) is 5.00. The lowest BCUT2D eigenvalue weighted by molar-refractivity contribution is -0.131. The summed E-state index contributed by atoms with van der Waals surface area (Å²) in [7, 11) is 0. The molecule has 0 aliphatic carbocycles. The molecule has 0 bridgehead atoms. The van der Waals surface area contributed by atoms with Crippen molar-refractivity contribution in [2.24, 2.45) is 0 Å². The average molecular weight is 293 g/mol. The van der Waals surface area contributed by atoms with Crippen LogP contribution in [0.1, 0.15) is 24.5 Å². The van der Waals surface area contributed by atoms with Gasteiger partial charge in [0.1, 0.15) is 5.82 Å². The van der Waals surface area contributed by atoms with Crippen LogP contribution in [0.15, 0.2) is 24.3 Å². The van der Waals surface area contributed by atoms with Crippen LogP contribution in [-0.2, 0) is 16.1 Å². The normalized spacial score (nSPS) is 20.6. The van der Waals surface area contributed by atoms with Crippen LogP contribution in [0.5, 0.6) is 0 Å². The van der Waals surface area contributed by atoms with Gasteiger partial charge in [0.05, 0.1) is 6.10 Å². The molecule has 1 fully saturated rings. The third-order valence-corrected chi connectivity index (χ3v) is 3.43. The van der Waals surface area contributed by atoms with E-state index in [1.54, 1.807) is 12.1 Å². The smallest absolute Gasteiger partial charge is 0.328 e. The van der Waals surface area contributed by atoms with Crippen molar-refractivity contribution in [1.29, 1.82) is 0 Å². The third kappa shape index (κ3) is 4.95. The highest BCUT2D eigenvalue weighted by Gasteiger charge is 2.16. The Morgan fingerprint density at radius 1 is 1.57 bits per heavy atom. The molecule has 2 rings (SSSR count).